The molecule has 0 unspecified atom stereocenters. The van der Waals surface area contributed by atoms with Crippen LogP contribution in [0.5, 0.6) is 0 Å². The Hall–Kier alpha value is -2.41. The standard InChI is InChI=1S/C17H24N6O/c1-3-14-12-16(21(2)20-14)19-17(24)13-22-8-10-23(11-9-22)15-6-4-5-7-18-15/h4-7,12H,3,8-11,13H2,1-2H3,(H,19,24). The van der Waals surface area contributed by atoms with Gasteiger partial charge in [0.05, 0.1) is 12.2 Å². The number of anilines is 2. The van der Waals surface area contributed by atoms with Gasteiger partial charge in [-0.2, -0.15) is 5.10 Å². The average Bonchev–Trinajstić information content (AvgIpc) is 2.96. The van der Waals surface area contributed by atoms with Crippen molar-refractivity contribution in [2.75, 3.05) is 42.9 Å². The highest BCUT2D eigenvalue weighted by molar-refractivity contribution is 5.91. The molecule has 0 aliphatic carbocycles. The van der Waals surface area contributed by atoms with Gasteiger partial charge in [-0.05, 0) is 18.6 Å². The second-order valence-electron chi connectivity index (χ2n) is 6.00. The van der Waals surface area contributed by atoms with Gasteiger partial charge in [-0.3, -0.25) is 14.4 Å². The summed E-state index contributed by atoms with van der Waals surface area (Å²) in [5, 5.41) is 7.30. The molecule has 3 rings (SSSR count). The third kappa shape index (κ3) is 3.91. The van der Waals surface area contributed by atoms with Crippen LogP contribution in [0.2, 0.25) is 0 Å². The maximum absolute atomic E-state index is 12.3. The zero-order valence-electron chi connectivity index (χ0n) is 14.3. The van der Waals surface area contributed by atoms with E-state index in [9.17, 15) is 4.79 Å². The monoisotopic (exact) mass is 328 g/mol. The molecule has 24 heavy (non-hydrogen) atoms. The Bertz CT molecular complexity index is 676. The number of nitrogens with one attached hydrogen (secondary N) is 1. The molecule has 1 saturated heterocycles. The van der Waals surface area contributed by atoms with Gasteiger partial charge in [0.2, 0.25) is 5.91 Å². The zero-order valence-corrected chi connectivity index (χ0v) is 14.3. The Kier molecular flexibility index (Phi) is 5.10. The number of nitrogens with zero attached hydrogens (tertiary/aromatic N) is 5. The fourth-order valence-corrected chi connectivity index (χ4v) is 2.88. The van der Waals surface area contributed by atoms with E-state index in [1.54, 1.807) is 4.68 Å². The maximum atomic E-state index is 12.3. The number of aryl methyl sites for hydroxylation is 2. The Morgan fingerprint density at radius 1 is 1.25 bits per heavy atom. The molecule has 2 aromatic heterocycles. The van der Waals surface area contributed by atoms with E-state index in [1.807, 2.05) is 37.5 Å². The molecule has 128 valence electrons. The molecular formula is C17H24N6O. The molecule has 0 radical (unpaired) electrons. The van der Waals surface area contributed by atoms with Gasteiger partial charge in [-0.15, -0.1) is 0 Å². The van der Waals surface area contributed by atoms with Crippen LogP contribution in [0.25, 0.3) is 0 Å². The lowest BCUT2D eigenvalue weighted by Gasteiger charge is -2.34. The van der Waals surface area contributed by atoms with Crippen molar-refractivity contribution in [1.82, 2.24) is 19.7 Å². The van der Waals surface area contributed by atoms with Crippen LogP contribution in [-0.2, 0) is 18.3 Å². The van der Waals surface area contributed by atoms with Crippen LogP contribution in [0, 0.1) is 0 Å². The first-order chi connectivity index (χ1) is 11.7. The van der Waals surface area contributed by atoms with Gasteiger partial charge >= 0.3 is 0 Å². The number of amides is 1. The number of hydrogen-bond acceptors (Lipinski definition) is 5. The molecule has 1 aliphatic rings. The number of hydrogen-bond donors (Lipinski definition) is 1. The van der Waals surface area contributed by atoms with E-state index in [1.165, 1.54) is 0 Å². The van der Waals surface area contributed by atoms with Crippen molar-refractivity contribution in [3.63, 3.8) is 0 Å². The third-order valence-electron chi connectivity index (χ3n) is 4.27. The number of pyridine rings is 1. The Labute approximate surface area is 142 Å². The lowest BCUT2D eigenvalue weighted by Crippen LogP contribution is -2.49. The first kappa shape index (κ1) is 16.4. The van der Waals surface area contributed by atoms with Gasteiger partial charge < -0.3 is 10.2 Å². The number of piperazine rings is 1. The van der Waals surface area contributed by atoms with Crippen molar-refractivity contribution >= 4 is 17.5 Å². The lowest BCUT2D eigenvalue weighted by atomic mass is 10.3. The fourth-order valence-electron chi connectivity index (χ4n) is 2.88. The summed E-state index contributed by atoms with van der Waals surface area (Å²) >= 11 is 0. The van der Waals surface area contributed by atoms with E-state index in [2.05, 4.69) is 32.1 Å². The predicted octanol–water partition coefficient (Wildman–Crippen LogP) is 1.14. The number of aromatic nitrogens is 3. The van der Waals surface area contributed by atoms with Crippen molar-refractivity contribution in [2.24, 2.45) is 7.05 Å². The second kappa shape index (κ2) is 7.44. The third-order valence-corrected chi connectivity index (χ3v) is 4.27. The second-order valence-corrected chi connectivity index (χ2v) is 6.00. The molecule has 0 bridgehead atoms. The molecule has 2 aromatic rings. The highest BCUT2D eigenvalue weighted by atomic mass is 16.2. The van der Waals surface area contributed by atoms with E-state index in [0.29, 0.717) is 6.54 Å². The smallest absolute Gasteiger partial charge is 0.239 e. The summed E-state index contributed by atoms with van der Waals surface area (Å²) in [6.07, 6.45) is 2.67. The molecule has 1 N–H and O–H groups in total. The molecule has 7 nitrogen and oxygen atoms in total. The molecule has 1 aliphatic heterocycles. The maximum Gasteiger partial charge on any atom is 0.239 e. The van der Waals surface area contributed by atoms with E-state index in [-0.39, 0.29) is 5.91 Å². The Morgan fingerprint density at radius 3 is 2.67 bits per heavy atom. The van der Waals surface area contributed by atoms with E-state index >= 15 is 0 Å². The predicted molar refractivity (Wildman–Crippen MR) is 94.1 cm³/mol. The summed E-state index contributed by atoms with van der Waals surface area (Å²) in [4.78, 5) is 21.1. The van der Waals surface area contributed by atoms with Gasteiger partial charge in [0.15, 0.2) is 0 Å². The topological polar surface area (TPSA) is 66.3 Å². The van der Waals surface area contributed by atoms with Crippen molar-refractivity contribution < 1.29 is 4.79 Å². The van der Waals surface area contributed by atoms with Gasteiger partial charge in [0.1, 0.15) is 11.6 Å². The molecule has 0 spiro atoms. The van der Waals surface area contributed by atoms with Crippen LogP contribution < -0.4 is 10.2 Å². The minimum absolute atomic E-state index is 0.00643. The Morgan fingerprint density at radius 2 is 2.04 bits per heavy atom. The molecular weight excluding hydrogens is 304 g/mol. The summed E-state index contributed by atoms with van der Waals surface area (Å²) in [5.74, 6) is 1.76. The highest BCUT2D eigenvalue weighted by Crippen LogP contribution is 2.13. The zero-order chi connectivity index (χ0) is 16.9. The van der Waals surface area contributed by atoms with E-state index in [0.717, 1.165) is 49.9 Å². The normalized spacial score (nSPS) is 15.5. The number of carbonyl (C=O) groups excluding carboxylic acids is 1. The summed E-state index contributed by atoms with van der Waals surface area (Å²) in [5.41, 5.74) is 0.983. The van der Waals surface area contributed by atoms with Gasteiger partial charge in [-0.25, -0.2) is 4.98 Å². The summed E-state index contributed by atoms with van der Waals surface area (Å²) in [6.45, 7) is 5.94. The highest BCUT2D eigenvalue weighted by Gasteiger charge is 2.20. The van der Waals surface area contributed by atoms with Crippen LogP contribution in [0.3, 0.4) is 0 Å². The molecule has 7 heteroatoms. The summed E-state index contributed by atoms with van der Waals surface area (Å²) in [6, 6.07) is 7.88. The minimum Gasteiger partial charge on any atom is -0.354 e. The number of rotatable bonds is 5. The van der Waals surface area contributed by atoms with E-state index in [4.69, 9.17) is 0 Å². The van der Waals surface area contributed by atoms with Crippen molar-refractivity contribution in [3.05, 3.63) is 36.2 Å². The quantitative estimate of drug-likeness (QED) is 0.891. The van der Waals surface area contributed by atoms with Crippen molar-refractivity contribution in [3.8, 4) is 0 Å². The lowest BCUT2D eigenvalue weighted by molar-refractivity contribution is -0.117. The molecule has 0 aromatic carbocycles. The van der Waals surface area contributed by atoms with Crippen molar-refractivity contribution in [2.45, 2.75) is 13.3 Å². The van der Waals surface area contributed by atoms with Crippen molar-refractivity contribution in [1.29, 1.82) is 0 Å². The van der Waals surface area contributed by atoms with Crippen LogP contribution in [0.15, 0.2) is 30.5 Å². The Balaban J connectivity index is 1.49. The first-order valence-electron chi connectivity index (χ1n) is 8.37. The van der Waals surface area contributed by atoms with Crippen LogP contribution in [-0.4, -0.2) is 58.3 Å². The molecule has 0 atom stereocenters. The van der Waals surface area contributed by atoms with Crippen LogP contribution in [0.4, 0.5) is 11.6 Å². The molecule has 0 saturated carbocycles. The minimum atomic E-state index is 0.00643. The largest absolute Gasteiger partial charge is 0.354 e. The van der Waals surface area contributed by atoms with Crippen LogP contribution in [0.1, 0.15) is 12.6 Å². The molecule has 3 heterocycles. The van der Waals surface area contributed by atoms with Gasteiger partial charge in [0.25, 0.3) is 0 Å². The first-order valence-corrected chi connectivity index (χ1v) is 8.37. The van der Waals surface area contributed by atoms with Gasteiger partial charge in [0, 0.05) is 45.5 Å². The molecule has 1 amide bonds. The molecule has 1 fully saturated rings. The van der Waals surface area contributed by atoms with Crippen LogP contribution >= 0.6 is 0 Å². The fraction of sp³-hybridized carbons (Fsp3) is 0.471. The summed E-state index contributed by atoms with van der Waals surface area (Å²) in [7, 11) is 1.85. The average molecular weight is 328 g/mol. The SMILES string of the molecule is CCc1cc(NC(=O)CN2CCN(c3ccccn3)CC2)n(C)n1. The van der Waals surface area contributed by atoms with E-state index < -0.39 is 0 Å². The van der Waals surface area contributed by atoms with Gasteiger partial charge in [-0.1, -0.05) is 13.0 Å². The summed E-state index contributed by atoms with van der Waals surface area (Å²) < 4.78 is 1.72. The number of carbonyl (C=O) groups is 1.